The molecule has 0 radical (unpaired) electrons. The number of rotatable bonds is 12. The highest BCUT2D eigenvalue weighted by Crippen LogP contribution is 2.30. The van der Waals surface area contributed by atoms with Crippen molar-refractivity contribution in [2.24, 2.45) is 0 Å². The summed E-state index contributed by atoms with van der Waals surface area (Å²) in [5, 5.41) is 7.54. The van der Waals surface area contributed by atoms with Gasteiger partial charge in [0.25, 0.3) is 0 Å². The van der Waals surface area contributed by atoms with Crippen molar-refractivity contribution >= 4 is 28.9 Å². The minimum absolute atomic E-state index is 0.155. The Kier molecular flexibility index (Phi) is 8.31. The number of carbonyl (C=O) groups excluding carboxylic acids is 2. The fourth-order valence-corrected chi connectivity index (χ4v) is 4.67. The molecule has 1 N–H and O–H groups in total. The van der Waals surface area contributed by atoms with Gasteiger partial charge in [-0.25, -0.2) is 4.79 Å². The summed E-state index contributed by atoms with van der Waals surface area (Å²) in [5.41, 5.74) is 3.33. The molecule has 0 unspecified atom stereocenters. The molecule has 1 heterocycles. The second-order valence-corrected chi connectivity index (χ2v) is 10.3. The summed E-state index contributed by atoms with van der Waals surface area (Å²) < 4.78 is 11.0. The Morgan fingerprint density at radius 3 is 2.53 bits per heavy atom. The number of benzene rings is 2. The summed E-state index contributed by atoms with van der Waals surface area (Å²) in [6.45, 7) is 6.60. The number of anilines is 1. The Labute approximate surface area is 217 Å². The topological polar surface area (TPSA) is 67.9 Å². The zero-order chi connectivity index (χ0) is 25.5. The molecule has 4 rings (SSSR count). The van der Waals surface area contributed by atoms with E-state index in [1.54, 1.807) is 38.2 Å². The first-order valence-corrected chi connectivity index (χ1v) is 13.4. The van der Waals surface area contributed by atoms with Crippen molar-refractivity contribution in [2.45, 2.75) is 58.2 Å². The zero-order valence-electron chi connectivity index (χ0n) is 21.2. The van der Waals surface area contributed by atoms with E-state index in [2.05, 4.69) is 46.4 Å². The average molecular weight is 507 g/mol. The number of hydrogen-bond donors (Lipinski definition) is 1. The minimum Gasteiger partial charge on any atom is -0.476 e. The lowest BCUT2D eigenvalue weighted by Crippen LogP contribution is -2.39. The van der Waals surface area contributed by atoms with E-state index in [0.717, 1.165) is 24.1 Å². The predicted octanol–water partition coefficient (Wildman–Crippen LogP) is 6.13. The Morgan fingerprint density at radius 1 is 1.08 bits per heavy atom. The molecule has 0 aliphatic heterocycles. The molecule has 36 heavy (non-hydrogen) atoms. The summed E-state index contributed by atoms with van der Waals surface area (Å²) in [5.74, 6) is 0.313. The number of carbonyl (C=O) groups is 2. The standard InChI is InChI=1S/C29H34N2O4S/c1-4-34-28(33)29(2,3)35-26-7-5-6-24(18-26)30-16-14-27(32)31(25-12-13-25)19-21-8-10-22(11-9-21)23-15-17-36-20-23/h5-11,15,17-18,20,25,30H,4,12-14,16,19H2,1-3H3. The SMILES string of the molecule is CCOC(=O)C(C)(C)Oc1cccc(NCCC(=O)N(Cc2ccc(-c3ccsc3)cc2)C2CC2)c1. The van der Waals surface area contributed by atoms with Gasteiger partial charge in [0, 0.05) is 37.3 Å². The van der Waals surface area contributed by atoms with E-state index in [4.69, 9.17) is 9.47 Å². The van der Waals surface area contributed by atoms with Gasteiger partial charge in [-0.05, 0) is 79.3 Å². The largest absolute Gasteiger partial charge is 0.476 e. The molecule has 1 aliphatic carbocycles. The average Bonchev–Trinajstić information content (AvgIpc) is 3.55. The van der Waals surface area contributed by atoms with Gasteiger partial charge in [-0.1, -0.05) is 30.3 Å². The third-order valence-electron chi connectivity index (χ3n) is 6.11. The number of nitrogens with one attached hydrogen (secondary N) is 1. The molecule has 3 aromatic rings. The summed E-state index contributed by atoms with van der Waals surface area (Å²) in [6.07, 6.45) is 2.55. The van der Waals surface area contributed by atoms with Crippen molar-refractivity contribution < 1.29 is 19.1 Å². The smallest absolute Gasteiger partial charge is 0.349 e. The highest BCUT2D eigenvalue weighted by Gasteiger charge is 2.33. The van der Waals surface area contributed by atoms with Crippen LogP contribution in [0.4, 0.5) is 5.69 Å². The molecule has 1 saturated carbocycles. The van der Waals surface area contributed by atoms with E-state index in [1.807, 2.05) is 23.1 Å². The first kappa shape index (κ1) is 25.8. The van der Waals surface area contributed by atoms with Gasteiger partial charge in [-0.2, -0.15) is 11.3 Å². The molecular weight excluding hydrogens is 472 g/mol. The van der Waals surface area contributed by atoms with E-state index in [-0.39, 0.29) is 5.91 Å². The van der Waals surface area contributed by atoms with Crippen molar-refractivity contribution in [2.75, 3.05) is 18.5 Å². The van der Waals surface area contributed by atoms with Crippen LogP contribution in [0.1, 0.15) is 45.6 Å². The maximum absolute atomic E-state index is 13.1. The molecule has 6 nitrogen and oxygen atoms in total. The third-order valence-corrected chi connectivity index (χ3v) is 6.79. The van der Waals surface area contributed by atoms with Crippen LogP contribution in [0.15, 0.2) is 65.4 Å². The van der Waals surface area contributed by atoms with Crippen LogP contribution in [-0.2, 0) is 20.9 Å². The van der Waals surface area contributed by atoms with Crippen LogP contribution in [0.25, 0.3) is 11.1 Å². The highest BCUT2D eigenvalue weighted by molar-refractivity contribution is 7.08. The van der Waals surface area contributed by atoms with Gasteiger partial charge < -0.3 is 19.7 Å². The maximum Gasteiger partial charge on any atom is 0.349 e. The Hall–Kier alpha value is -3.32. The molecule has 1 amide bonds. The Morgan fingerprint density at radius 2 is 1.86 bits per heavy atom. The van der Waals surface area contributed by atoms with E-state index in [0.29, 0.717) is 37.9 Å². The molecule has 0 spiro atoms. The number of amides is 1. The Balaban J connectivity index is 1.30. The summed E-state index contributed by atoms with van der Waals surface area (Å²) in [7, 11) is 0. The van der Waals surface area contributed by atoms with Crippen molar-refractivity contribution in [1.82, 2.24) is 4.90 Å². The lowest BCUT2D eigenvalue weighted by Gasteiger charge is -2.24. The van der Waals surface area contributed by atoms with Crippen molar-refractivity contribution in [3.05, 3.63) is 70.9 Å². The summed E-state index contributed by atoms with van der Waals surface area (Å²) in [4.78, 5) is 27.2. The predicted molar refractivity (Wildman–Crippen MR) is 144 cm³/mol. The van der Waals surface area contributed by atoms with Gasteiger partial charge in [0.15, 0.2) is 5.60 Å². The van der Waals surface area contributed by atoms with Crippen LogP contribution in [0, 0.1) is 0 Å². The lowest BCUT2D eigenvalue weighted by atomic mass is 10.1. The van der Waals surface area contributed by atoms with Gasteiger partial charge in [-0.15, -0.1) is 0 Å². The van der Waals surface area contributed by atoms with Crippen LogP contribution in [0.3, 0.4) is 0 Å². The minimum atomic E-state index is -1.09. The molecule has 1 aliphatic rings. The number of esters is 1. The van der Waals surface area contributed by atoms with Crippen molar-refractivity contribution in [3.8, 4) is 16.9 Å². The van der Waals surface area contributed by atoms with E-state index in [1.165, 1.54) is 11.1 Å². The molecule has 1 fully saturated rings. The molecule has 1 aromatic heterocycles. The summed E-state index contributed by atoms with van der Waals surface area (Å²) >= 11 is 1.69. The quantitative estimate of drug-likeness (QED) is 0.299. The van der Waals surface area contributed by atoms with Crippen LogP contribution < -0.4 is 10.1 Å². The van der Waals surface area contributed by atoms with E-state index < -0.39 is 11.6 Å². The Bertz CT molecular complexity index is 1150. The van der Waals surface area contributed by atoms with E-state index >= 15 is 0 Å². The van der Waals surface area contributed by atoms with Gasteiger partial charge in [0.2, 0.25) is 5.91 Å². The van der Waals surface area contributed by atoms with Crippen LogP contribution in [0.2, 0.25) is 0 Å². The fraction of sp³-hybridized carbons (Fsp3) is 0.379. The molecule has 7 heteroatoms. The van der Waals surface area contributed by atoms with Crippen molar-refractivity contribution in [1.29, 1.82) is 0 Å². The van der Waals surface area contributed by atoms with E-state index in [9.17, 15) is 9.59 Å². The second-order valence-electron chi connectivity index (χ2n) is 9.50. The number of thiophene rings is 1. The normalized spacial score (nSPS) is 13.2. The number of nitrogens with zero attached hydrogens (tertiary/aromatic N) is 1. The zero-order valence-corrected chi connectivity index (χ0v) is 22.0. The molecule has 2 aromatic carbocycles. The van der Waals surface area contributed by atoms with Crippen LogP contribution in [0.5, 0.6) is 5.75 Å². The van der Waals surface area contributed by atoms with Crippen LogP contribution in [-0.4, -0.2) is 41.6 Å². The van der Waals surface area contributed by atoms with Crippen LogP contribution >= 0.6 is 11.3 Å². The highest BCUT2D eigenvalue weighted by atomic mass is 32.1. The third kappa shape index (κ3) is 6.88. The van der Waals surface area contributed by atoms with Gasteiger partial charge in [-0.3, -0.25) is 4.79 Å². The molecule has 190 valence electrons. The molecule has 0 saturated heterocycles. The fourth-order valence-electron chi connectivity index (χ4n) is 4.00. The second kappa shape index (κ2) is 11.6. The molecular formula is C29H34N2O4S. The number of hydrogen-bond acceptors (Lipinski definition) is 6. The maximum atomic E-state index is 13.1. The van der Waals surface area contributed by atoms with Gasteiger partial charge >= 0.3 is 5.97 Å². The first-order valence-electron chi connectivity index (χ1n) is 12.5. The van der Waals surface area contributed by atoms with Crippen molar-refractivity contribution in [3.63, 3.8) is 0 Å². The van der Waals surface area contributed by atoms with Gasteiger partial charge in [0.05, 0.1) is 6.61 Å². The first-order chi connectivity index (χ1) is 17.4. The number of ether oxygens (including phenoxy) is 2. The van der Waals surface area contributed by atoms with Gasteiger partial charge in [0.1, 0.15) is 5.75 Å². The lowest BCUT2D eigenvalue weighted by molar-refractivity contribution is -0.158. The molecule has 0 bridgehead atoms. The molecule has 0 atom stereocenters. The summed E-state index contributed by atoms with van der Waals surface area (Å²) in [6, 6.07) is 18.4. The monoisotopic (exact) mass is 506 g/mol.